The fraction of sp³-hybridized carbons (Fsp3) is 0.176. The molecule has 0 aliphatic carbocycles. The molecule has 1 N–H and O–H groups in total. The molecule has 8 heteroatoms. The standard InChI is InChI=1S/C17H14ClF2NO3S/c18-12-1-3-15(4-2-12)25-6-5-21-16(22)10-24-17(23)11-7-13(19)9-14(20)8-11/h1-4,7-9H,5-6,10H2,(H,21,22). The predicted octanol–water partition coefficient (Wildman–Crippen LogP) is 3.68. The van der Waals surface area contributed by atoms with Gasteiger partial charge in [0, 0.05) is 28.3 Å². The molecule has 0 heterocycles. The molecule has 2 aromatic rings. The van der Waals surface area contributed by atoms with E-state index in [2.05, 4.69) is 5.32 Å². The topological polar surface area (TPSA) is 55.4 Å². The highest BCUT2D eigenvalue weighted by atomic mass is 35.5. The van der Waals surface area contributed by atoms with Gasteiger partial charge >= 0.3 is 5.97 Å². The average molecular weight is 386 g/mol. The van der Waals surface area contributed by atoms with Gasteiger partial charge in [-0.3, -0.25) is 4.79 Å². The number of carbonyl (C=O) groups is 2. The van der Waals surface area contributed by atoms with Crippen molar-refractivity contribution in [3.63, 3.8) is 0 Å². The molecule has 0 aliphatic heterocycles. The lowest BCUT2D eigenvalue weighted by Crippen LogP contribution is -2.30. The van der Waals surface area contributed by atoms with Crippen molar-refractivity contribution in [2.75, 3.05) is 18.9 Å². The maximum absolute atomic E-state index is 13.0. The molecular formula is C17H14ClF2NO3S. The first-order valence-electron chi connectivity index (χ1n) is 7.22. The van der Waals surface area contributed by atoms with Gasteiger partial charge in [-0.25, -0.2) is 13.6 Å². The van der Waals surface area contributed by atoms with Crippen molar-refractivity contribution < 1.29 is 23.1 Å². The summed E-state index contributed by atoms with van der Waals surface area (Å²) < 4.78 is 30.8. The number of thioether (sulfide) groups is 1. The van der Waals surface area contributed by atoms with E-state index in [4.69, 9.17) is 16.3 Å². The maximum Gasteiger partial charge on any atom is 0.338 e. The van der Waals surface area contributed by atoms with Crippen LogP contribution in [0.25, 0.3) is 0 Å². The van der Waals surface area contributed by atoms with E-state index in [0.29, 0.717) is 23.4 Å². The Labute approximate surface area is 152 Å². The highest BCUT2D eigenvalue weighted by Crippen LogP contribution is 2.19. The van der Waals surface area contributed by atoms with Crippen molar-refractivity contribution >= 4 is 35.2 Å². The molecule has 0 fully saturated rings. The molecular weight excluding hydrogens is 372 g/mol. The van der Waals surface area contributed by atoms with Crippen LogP contribution in [-0.4, -0.2) is 30.8 Å². The third-order valence-electron chi connectivity index (χ3n) is 2.94. The van der Waals surface area contributed by atoms with Crippen molar-refractivity contribution in [2.45, 2.75) is 4.90 Å². The minimum atomic E-state index is -0.968. The molecule has 2 rings (SSSR count). The van der Waals surface area contributed by atoms with Crippen LogP contribution in [0.2, 0.25) is 5.02 Å². The van der Waals surface area contributed by atoms with E-state index in [1.165, 1.54) is 11.8 Å². The van der Waals surface area contributed by atoms with Gasteiger partial charge in [-0.15, -0.1) is 11.8 Å². The maximum atomic E-state index is 13.0. The second kappa shape index (κ2) is 9.39. The van der Waals surface area contributed by atoms with Gasteiger partial charge in [0.15, 0.2) is 6.61 Å². The molecule has 0 atom stereocenters. The van der Waals surface area contributed by atoms with E-state index in [0.717, 1.165) is 17.0 Å². The second-order valence-electron chi connectivity index (χ2n) is 4.89. The Morgan fingerprint density at radius 1 is 1.08 bits per heavy atom. The van der Waals surface area contributed by atoms with Crippen LogP contribution < -0.4 is 5.32 Å². The van der Waals surface area contributed by atoms with E-state index in [1.54, 1.807) is 12.1 Å². The Hall–Kier alpha value is -2.12. The molecule has 0 saturated carbocycles. The van der Waals surface area contributed by atoms with Crippen molar-refractivity contribution in [3.8, 4) is 0 Å². The molecule has 25 heavy (non-hydrogen) atoms. The summed E-state index contributed by atoms with van der Waals surface area (Å²) in [6.07, 6.45) is 0. The molecule has 0 radical (unpaired) electrons. The Kier molecular flexibility index (Phi) is 7.21. The van der Waals surface area contributed by atoms with E-state index >= 15 is 0 Å². The number of rotatable bonds is 7. The molecule has 0 spiro atoms. The van der Waals surface area contributed by atoms with Gasteiger partial charge < -0.3 is 10.1 Å². The van der Waals surface area contributed by atoms with Gasteiger partial charge in [0.2, 0.25) is 0 Å². The van der Waals surface area contributed by atoms with Crippen molar-refractivity contribution in [2.24, 2.45) is 0 Å². The Morgan fingerprint density at radius 2 is 1.72 bits per heavy atom. The number of halogens is 3. The molecule has 0 bridgehead atoms. The molecule has 2 aromatic carbocycles. The molecule has 1 amide bonds. The molecule has 132 valence electrons. The van der Waals surface area contributed by atoms with Crippen LogP contribution in [0.5, 0.6) is 0 Å². The molecule has 4 nitrogen and oxygen atoms in total. The van der Waals surface area contributed by atoms with Crippen LogP contribution in [0, 0.1) is 11.6 Å². The highest BCUT2D eigenvalue weighted by Gasteiger charge is 2.12. The molecule has 0 aromatic heterocycles. The van der Waals surface area contributed by atoms with Crippen molar-refractivity contribution in [1.82, 2.24) is 5.32 Å². The smallest absolute Gasteiger partial charge is 0.338 e. The quantitative estimate of drug-likeness (QED) is 0.449. The highest BCUT2D eigenvalue weighted by molar-refractivity contribution is 7.99. The third kappa shape index (κ3) is 6.72. The zero-order valence-electron chi connectivity index (χ0n) is 12.9. The first-order chi connectivity index (χ1) is 11.9. The summed E-state index contributed by atoms with van der Waals surface area (Å²) in [5.41, 5.74) is -0.288. The van der Waals surface area contributed by atoms with Crippen LogP contribution in [0.4, 0.5) is 8.78 Å². The lowest BCUT2D eigenvalue weighted by atomic mass is 10.2. The zero-order chi connectivity index (χ0) is 18.2. The number of carbonyl (C=O) groups excluding carboxylic acids is 2. The fourth-order valence-corrected chi connectivity index (χ4v) is 2.72. The van der Waals surface area contributed by atoms with Crippen molar-refractivity contribution in [3.05, 3.63) is 64.7 Å². The lowest BCUT2D eigenvalue weighted by molar-refractivity contribution is -0.124. The summed E-state index contributed by atoms with van der Waals surface area (Å²) in [4.78, 5) is 24.3. The van der Waals surface area contributed by atoms with Gasteiger partial charge in [-0.1, -0.05) is 11.6 Å². The number of benzene rings is 2. The minimum Gasteiger partial charge on any atom is -0.452 e. The first kappa shape index (κ1) is 19.2. The second-order valence-corrected chi connectivity index (χ2v) is 6.49. The van der Waals surface area contributed by atoms with Crippen LogP contribution in [0.15, 0.2) is 47.4 Å². The first-order valence-corrected chi connectivity index (χ1v) is 8.58. The van der Waals surface area contributed by atoms with Crippen LogP contribution in [-0.2, 0) is 9.53 Å². The van der Waals surface area contributed by atoms with Gasteiger partial charge in [0.25, 0.3) is 5.91 Å². The Balaban J connectivity index is 1.68. The van der Waals surface area contributed by atoms with Crippen molar-refractivity contribution in [1.29, 1.82) is 0 Å². The largest absolute Gasteiger partial charge is 0.452 e. The molecule has 0 unspecified atom stereocenters. The molecule has 0 saturated heterocycles. The van der Waals surface area contributed by atoms with Crippen LogP contribution >= 0.6 is 23.4 Å². The van der Waals surface area contributed by atoms with Gasteiger partial charge in [-0.2, -0.15) is 0 Å². The predicted molar refractivity (Wildman–Crippen MR) is 91.8 cm³/mol. The molecule has 0 aliphatic rings. The average Bonchev–Trinajstić information content (AvgIpc) is 2.57. The summed E-state index contributed by atoms with van der Waals surface area (Å²) in [7, 11) is 0. The van der Waals surface area contributed by atoms with E-state index in [-0.39, 0.29) is 5.56 Å². The summed E-state index contributed by atoms with van der Waals surface area (Å²) in [6, 6.07) is 9.61. The normalized spacial score (nSPS) is 10.4. The van der Waals surface area contributed by atoms with Gasteiger partial charge in [-0.05, 0) is 36.4 Å². The van der Waals surface area contributed by atoms with Crippen LogP contribution in [0.1, 0.15) is 10.4 Å². The van der Waals surface area contributed by atoms with Crippen LogP contribution in [0.3, 0.4) is 0 Å². The lowest BCUT2D eigenvalue weighted by Gasteiger charge is -2.07. The number of ether oxygens (including phenoxy) is 1. The number of esters is 1. The summed E-state index contributed by atoms with van der Waals surface area (Å²) in [5, 5.41) is 3.23. The van der Waals surface area contributed by atoms with E-state index in [1.807, 2.05) is 12.1 Å². The Morgan fingerprint density at radius 3 is 2.36 bits per heavy atom. The van der Waals surface area contributed by atoms with E-state index in [9.17, 15) is 18.4 Å². The number of nitrogens with one attached hydrogen (secondary N) is 1. The van der Waals surface area contributed by atoms with Gasteiger partial charge in [0.1, 0.15) is 11.6 Å². The minimum absolute atomic E-state index is 0.288. The fourth-order valence-electron chi connectivity index (χ4n) is 1.83. The van der Waals surface area contributed by atoms with E-state index < -0.39 is 30.1 Å². The monoisotopic (exact) mass is 385 g/mol. The number of hydrogen-bond acceptors (Lipinski definition) is 4. The summed E-state index contributed by atoms with van der Waals surface area (Å²) in [5.74, 6) is -2.63. The zero-order valence-corrected chi connectivity index (χ0v) is 14.5. The Bertz CT molecular complexity index is 736. The summed E-state index contributed by atoms with van der Waals surface area (Å²) in [6.45, 7) is -0.152. The van der Waals surface area contributed by atoms with Gasteiger partial charge in [0.05, 0.1) is 5.56 Å². The number of hydrogen-bond donors (Lipinski definition) is 1. The summed E-state index contributed by atoms with van der Waals surface area (Å²) >= 11 is 7.32. The third-order valence-corrected chi connectivity index (χ3v) is 4.20. The number of amides is 1. The SMILES string of the molecule is O=C(COC(=O)c1cc(F)cc(F)c1)NCCSc1ccc(Cl)cc1.